The average Bonchev–Trinajstić information content (AvgIpc) is 3.26. The Morgan fingerprint density at radius 1 is 0.500 bits per heavy atom. The van der Waals surface area contributed by atoms with E-state index in [1.807, 2.05) is 0 Å². The number of unbranched alkanes of at least 4 members (excludes halogenated alkanes) is 18. The average molecular weight is 889 g/mol. The number of hydrogen-bond donors (Lipinski definition) is 7. The molecule has 62 heavy (non-hydrogen) atoms. The van der Waals surface area contributed by atoms with Gasteiger partial charge < -0.3 is 64.2 Å². The number of aliphatic hydroxyl groups excluding tert-OH is 7. The second kappa shape index (κ2) is 35.3. The third kappa shape index (κ3) is 23.8. The van der Waals surface area contributed by atoms with Gasteiger partial charge in [0.15, 0.2) is 18.7 Å². The summed E-state index contributed by atoms with van der Waals surface area (Å²) in [4.78, 5) is 25.6. The van der Waals surface area contributed by atoms with E-state index in [9.17, 15) is 45.3 Å². The van der Waals surface area contributed by atoms with E-state index >= 15 is 0 Å². The van der Waals surface area contributed by atoms with Crippen LogP contribution in [0.2, 0.25) is 0 Å². The highest BCUT2D eigenvalue weighted by molar-refractivity contribution is 5.70. The molecule has 0 aromatic heterocycles. The molecule has 2 saturated heterocycles. The number of aliphatic hydroxyl groups is 7. The van der Waals surface area contributed by atoms with Crippen molar-refractivity contribution in [2.45, 2.75) is 235 Å². The van der Waals surface area contributed by atoms with Crippen LogP contribution in [0.5, 0.6) is 0 Å². The summed E-state index contributed by atoms with van der Waals surface area (Å²) in [6.07, 6.45) is 16.5. The Labute approximate surface area is 371 Å². The predicted molar refractivity (Wildman–Crippen MR) is 234 cm³/mol. The molecule has 15 nitrogen and oxygen atoms in total. The lowest BCUT2D eigenvalue weighted by Crippen LogP contribution is -2.61. The van der Waals surface area contributed by atoms with Crippen molar-refractivity contribution in [3.05, 3.63) is 24.3 Å². The molecule has 4 unspecified atom stereocenters. The van der Waals surface area contributed by atoms with Gasteiger partial charge in [-0.1, -0.05) is 122 Å². The molecule has 362 valence electrons. The van der Waals surface area contributed by atoms with E-state index in [4.69, 9.17) is 28.4 Å². The Hall–Kier alpha value is -2.02. The van der Waals surface area contributed by atoms with E-state index in [0.717, 1.165) is 64.2 Å². The number of esters is 2. The monoisotopic (exact) mass is 889 g/mol. The predicted octanol–water partition coefficient (Wildman–Crippen LogP) is 5.60. The fourth-order valence-electron chi connectivity index (χ4n) is 7.37. The highest BCUT2D eigenvalue weighted by atomic mass is 16.7. The zero-order valence-corrected chi connectivity index (χ0v) is 37.9. The number of rotatable bonds is 36. The lowest BCUT2D eigenvalue weighted by atomic mass is 9.98. The number of ether oxygens (including phenoxy) is 6. The van der Waals surface area contributed by atoms with Crippen molar-refractivity contribution >= 4 is 11.9 Å². The highest BCUT2D eigenvalue weighted by Crippen LogP contribution is 2.26. The second-order valence-electron chi connectivity index (χ2n) is 16.9. The van der Waals surface area contributed by atoms with Crippen molar-refractivity contribution in [1.29, 1.82) is 0 Å². The van der Waals surface area contributed by atoms with Gasteiger partial charge in [0.25, 0.3) is 0 Å². The van der Waals surface area contributed by atoms with Gasteiger partial charge in [0.1, 0.15) is 55.4 Å². The standard InChI is InChI=1S/C47H84O15/c1-3-5-7-9-11-13-15-16-17-18-20-21-23-25-27-29-38(49)57-32-35(60-39(50)30-28-26-24-22-19-14-12-10-8-6-4-2)33-58-46-45(56)43(54)41(52)37(62-46)34-59-47-44(55)42(53)40(51)36(31-48)61-47/h10,12-13,15,35-37,40-48,51-56H,3-9,11,14,16-34H2,1-2H3/b12-10+,15-13+/t35-,36-,37-,40+,41+,42?,43?,44?,45?,46-,47-/m1/s1. The third-order valence-corrected chi connectivity index (χ3v) is 11.4. The summed E-state index contributed by atoms with van der Waals surface area (Å²) in [5.41, 5.74) is 0. The smallest absolute Gasteiger partial charge is 0.306 e. The van der Waals surface area contributed by atoms with Crippen LogP contribution >= 0.6 is 0 Å². The third-order valence-electron chi connectivity index (χ3n) is 11.4. The van der Waals surface area contributed by atoms with Crippen LogP contribution in [-0.4, -0.2) is 142 Å². The molecule has 0 amide bonds. The van der Waals surface area contributed by atoms with Crippen LogP contribution in [0, 0.1) is 0 Å². The van der Waals surface area contributed by atoms with Crippen molar-refractivity contribution in [2.24, 2.45) is 0 Å². The summed E-state index contributed by atoms with van der Waals surface area (Å²) in [7, 11) is 0. The van der Waals surface area contributed by atoms with Crippen LogP contribution < -0.4 is 0 Å². The molecule has 0 saturated carbocycles. The minimum atomic E-state index is -1.76. The van der Waals surface area contributed by atoms with Crippen LogP contribution in [0.3, 0.4) is 0 Å². The lowest BCUT2D eigenvalue weighted by Gasteiger charge is -2.42. The Bertz CT molecular complexity index is 1180. The molecule has 2 heterocycles. The summed E-state index contributed by atoms with van der Waals surface area (Å²) >= 11 is 0. The minimum absolute atomic E-state index is 0.155. The van der Waals surface area contributed by atoms with E-state index in [0.29, 0.717) is 12.8 Å². The second-order valence-corrected chi connectivity index (χ2v) is 16.9. The first kappa shape index (κ1) is 56.1. The zero-order chi connectivity index (χ0) is 45.4. The maximum atomic E-state index is 12.9. The van der Waals surface area contributed by atoms with Gasteiger partial charge in [-0.25, -0.2) is 0 Å². The fraction of sp³-hybridized carbons (Fsp3) is 0.872. The quantitative estimate of drug-likeness (QED) is 0.0231. The first-order valence-electron chi connectivity index (χ1n) is 23.9. The summed E-state index contributed by atoms with van der Waals surface area (Å²) in [5, 5.41) is 71.9. The van der Waals surface area contributed by atoms with Gasteiger partial charge >= 0.3 is 11.9 Å². The maximum absolute atomic E-state index is 12.9. The Morgan fingerprint density at radius 2 is 0.935 bits per heavy atom. The van der Waals surface area contributed by atoms with Crippen LogP contribution in [0.25, 0.3) is 0 Å². The van der Waals surface area contributed by atoms with Gasteiger partial charge in [0.05, 0.1) is 19.8 Å². The molecule has 0 radical (unpaired) electrons. The molecule has 0 aromatic rings. The SMILES string of the molecule is CCCC/C=C/CCCCCCCC(=O)O[C@H](COC(=O)CCCCCCCCC/C=C/CCCCCC)CO[C@@H]1O[C@H](CO[C@@H]2O[C@H](CO)[C@H](O)C(O)C2O)[C@H](O)C(O)C1O. The highest BCUT2D eigenvalue weighted by Gasteiger charge is 2.47. The molecule has 7 N–H and O–H groups in total. The largest absolute Gasteiger partial charge is 0.462 e. The first-order valence-corrected chi connectivity index (χ1v) is 23.9. The minimum Gasteiger partial charge on any atom is -0.462 e. The fourth-order valence-corrected chi connectivity index (χ4v) is 7.37. The van der Waals surface area contributed by atoms with E-state index in [-0.39, 0.29) is 26.1 Å². The van der Waals surface area contributed by atoms with Crippen molar-refractivity contribution in [1.82, 2.24) is 0 Å². The molecule has 0 aliphatic carbocycles. The van der Waals surface area contributed by atoms with Crippen LogP contribution in [0.15, 0.2) is 24.3 Å². The summed E-state index contributed by atoms with van der Waals surface area (Å²) in [5.74, 6) is -0.941. The van der Waals surface area contributed by atoms with E-state index < -0.39 is 92.7 Å². The lowest BCUT2D eigenvalue weighted by molar-refractivity contribution is -0.332. The van der Waals surface area contributed by atoms with Crippen LogP contribution in [0.1, 0.15) is 168 Å². The first-order chi connectivity index (χ1) is 30.0. The van der Waals surface area contributed by atoms with Crippen molar-refractivity contribution in [2.75, 3.05) is 26.4 Å². The zero-order valence-electron chi connectivity index (χ0n) is 37.9. The number of allylic oxidation sites excluding steroid dienone is 4. The molecule has 0 spiro atoms. The van der Waals surface area contributed by atoms with Crippen LogP contribution in [0.4, 0.5) is 0 Å². The molecule has 2 rings (SSSR count). The number of carbonyl (C=O) groups excluding carboxylic acids is 2. The molecule has 2 fully saturated rings. The van der Waals surface area contributed by atoms with Crippen molar-refractivity contribution in [3.8, 4) is 0 Å². The summed E-state index contributed by atoms with van der Waals surface area (Å²) < 4.78 is 33.5. The molecule has 11 atom stereocenters. The molecule has 0 bridgehead atoms. The molecular formula is C47H84O15. The van der Waals surface area contributed by atoms with Gasteiger partial charge in [-0.05, 0) is 57.8 Å². The maximum Gasteiger partial charge on any atom is 0.306 e. The van der Waals surface area contributed by atoms with Crippen molar-refractivity contribution < 1.29 is 73.8 Å². The van der Waals surface area contributed by atoms with Gasteiger partial charge in [-0.15, -0.1) is 0 Å². The van der Waals surface area contributed by atoms with Gasteiger partial charge in [0.2, 0.25) is 0 Å². The van der Waals surface area contributed by atoms with Crippen LogP contribution in [-0.2, 0) is 38.0 Å². The van der Waals surface area contributed by atoms with Gasteiger partial charge in [-0.2, -0.15) is 0 Å². The Balaban J connectivity index is 1.83. The van der Waals surface area contributed by atoms with Gasteiger partial charge in [-0.3, -0.25) is 9.59 Å². The molecule has 2 aliphatic heterocycles. The Morgan fingerprint density at radius 3 is 1.47 bits per heavy atom. The molecular weight excluding hydrogens is 805 g/mol. The van der Waals surface area contributed by atoms with Gasteiger partial charge in [0, 0.05) is 12.8 Å². The molecule has 2 aliphatic rings. The van der Waals surface area contributed by atoms with E-state index in [2.05, 4.69) is 38.2 Å². The topological polar surface area (TPSA) is 231 Å². The van der Waals surface area contributed by atoms with Crippen molar-refractivity contribution in [3.63, 3.8) is 0 Å². The Kier molecular flexibility index (Phi) is 31.9. The summed E-state index contributed by atoms with van der Waals surface area (Å²) in [6.45, 7) is 2.51. The number of carbonyl (C=O) groups is 2. The summed E-state index contributed by atoms with van der Waals surface area (Å²) in [6, 6.07) is 0. The number of hydrogen-bond acceptors (Lipinski definition) is 15. The normalized spacial score (nSPS) is 27.2. The van der Waals surface area contributed by atoms with E-state index in [1.54, 1.807) is 0 Å². The molecule has 0 aromatic carbocycles. The van der Waals surface area contributed by atoms with E-state index in [1.165, 1.54) is 64.2 Å². The molecule has 15 heteroatoms.